The summed E-state index contributed by atoms with van der Waals surface area (Å²) in [4.78, 5) is 28.0. The molecule has 1 heterocycles. The molecule has 1 amide bonds. The third-order valence-electron chi connectivity index (χ3n) is 4.46. The van der Waals surface area contributed by atoms with Crippen LogP contribution in [0.2, 0.25) is 5.02 Å². The highest BCUT2D eigenvalue weighted by Crippen LogP contribution is 2.13. The van der Waals surface area contributed by atoms with Gasteiger partial charge in [0.25, 0.3) is 5.91 Å². The van der Waals surface area contributed by atoms with Gasteiger partial charge in [-0.25, -0.2) is 9.18 Å². The molecule has 0 saturated carbocycles. The predicted octanol–water partition coefficient (Wildman–Crippen LogP) is 2.98. The average Bonchev–Trinajstić information content (AvgIpc) is 2.68. The quantitative estimate of drug-likeness (QED) is 0.736. The summed E-state index contributed by atoms with van der Waals surface area (Å²) in [6.07, 6.45) is 0. The molecule has 142 valence electrons. The van der Waals surface area contributed by atoms with E-state index in [-0.39, 0.29) is 18.1 Å². The number of ether oxygens (including phenoxy) is 1. The van der Waals surface area contributed by atoms with Crippen LogP contribution in [0.15, 0.2) is 48.5 Å². The standard InChI is InChI=1S/C20H20ClFN2O3/c21-16-7-5-15(6-8-16)13-23-9-11-24(12-10-23)19(25)14-27-20(26)17-3-1-2-4-18(17)22/h1-8H,9-14H2. The highest BCUT2D eigenvalue weighted by atomic mass is 35.5. The number of benzene rings is 2. The Morgan fingerprint density at radius 3 is 2.33 bits per heavy atom. The van der Waals surface area contributed by atoms with Crippen LogP contribution >= 0.6 is 11.6 Å². The van der Waals surface area contributed by atoms with Gasteiger partial charge < -0.3 is 9.64 Å². The molecule has 1 aliphatic heterocycles. The fraction of sp³-hybridized carbons (Fsp3) is 0.300. The molecular formula is C20H20ClFN2O3. The van der Waals surface area contributed by atoms with Crippen LogP contribution in [-0.2, 0) is 16.1 Å². The summed E-state index contributed by atoms with van der Waals surface area (Å²) in [6, 6.07) is 13.2. The fourth-order valence-corrected chi connectivity index (χ4v) is 3.05. The van der Waals surface area contributed by atoms with E-state index in [1.54, 1.807) is 11.0 Å². The lowest BCUT2D eigenvalue weighted by Gasteiger charge is -2.34. The predicted molar refractivity (Wildman–Crippen MR) is 100.0 cm³/mol. The fourth-order valence-electron chi connectivity index (χ4n) is 2.93. The van der Waals surface area contributed by atoms with Crippen LogP contribution in [0.4, 0.5) is 4.39 Å². The maximum atomic E-state index is 13.6. The maximum absolute atomic E-state index is 13.6. The minimum atomic E-state index is -0.831. The largest absolute Gasteiger partial charge is 0.452 e. The average molecular weight is 391 g/mol. The molecule has 5 nitrogen and oxygen atoms in total. The van der Waals surface area contributed by atoms with Crippen molar-refractivity contribution in [1.82, 2.24) is 9.80 Å². The molecule has 0 atom stereocenters. The molecule has 2 aromatic carbocycles. The molecular weight excluding hydrogens is 371 g/mol. The number of halogens is 2. The molecule has 0 aliphatic carbocycles. The van der Waals surface area contributed by atoms with Crippen molar-refractivity contribution >= 4 is 23.5 Å². The van der Waals surface area contributed by atoms with Crippen LogP contribution in [0, 0.1) is 5.82 Å². The first-order valence-electron chi connectivity index (χ1n) is 8.69. The van der Waals surface area contributed by atoms with Gasteiger partial charge in [0.1, 0.15) is 5.82 Å². The Balaban J connectivity index is 1.44. The Bertz CT molecular complexity index is 805. The normalized spacial score (nSPS) is 14.8. The zero-order chi connectivity index (χ0) is 19.2. The molecule has 0 aromatic heterocycles. The maximum Gasteiger partial charge on any atom is 0.341 e. The number of piperazine rings is 1. The number of nitrogens with zero attached hydrogens (tertiary/aromatic N) is 2. The molecule has 1 fully saturated rings. The Hall–Kier alpha value is -2.44. The first-order valence-corrected chi connectivity index (χ1v) is 9.07. The summed E-state index contributed by atoms with van der Waals surface area (Å²) in [5.41, 5.74) is 0.996. The summed E-state index contributed by atoms with van der Waals surface area (Å²) in [7, 11) is 0. The summed E-state index contributed by atoms with van der Waals surface area (Å²) in [5, 5.41) is 0.707. The second-order valence-electron chi connectivity index (χ2n) is 6.34. The Kier molecular flexibility index (Phi) is 6.42. The lowest BCUT2D eigenvalue weighted by atomic mass is 10.2. The molecule has 0 unspecified atom stereocenters. The van der Waals surface area contributed by atoms with Gasteiger partial charge in [0.15, 0.2) is 6.61 Å². The van der Waals surface area contributed by atoms with E-state index >= 15 is 0 Å². The van der Waals surface area contributed by atoms with Gasteiger partial charge in [-0.15, -0.1) is 0 Å². The Labute approximate surface area is 162 Å². The number of hydrogen-bond donors (Lipinski definition) is 0. The van der Waals surface area contributed by atoms with E-state index < -0.39 is 11.8 Å². The molecule has 0 radical (unpaired) electrons. The Morgan fingerprint density at radius 1 is 1.00 bits per heavy atom. The van der Waals surface area contributed by atoms with Gasteiger partial charge in [0.2, 0.25) is 0 Å². The second-order valence-corrected chi connectivity index (χ2v) is 6.78. The molecule has 0 bridgehead atoms. The number of esters is 1. The van der Waals surface area contributed by atoms with Gasteiger partial charge in [0, 0.05) is 37.7 Å². The van der Waals surface area contributed by atoms with E-state index in [1.165, 1.54) is 18.2 Å². The topological polar surface area (TPSA) is 49.9 Å². The van der Waals surface area contributed by atoms with Crippen LogP contribution in [0.1, 0.15) is 15.9 Å². The molecule has 0 N–H and O–H groups in total. The van der Waals surface area contributed by atoms with Crippen LogP contribution in [0.3, 0.4) is 0 Å². The van der Waals surface area contributed by atoms with E-state index in [1.807, 2.05) is 24.3 Å². The minimum Gasteiger partial charge on any atom is -0.452 e. The molecule has 1 aliphatic rings. The van der Waals surface area contributed by atoms with Crippen molar-refractivity contribution in [3.05, 3.63) is 70.5 Å². The lowest BCUT2D eigenvalue weighted by molar-refractivity contribution is -0.136. The number of carbonyl (C=O) groups is 2. The van der Waals surface area contributed by atoms with Crippen LogP contribution in [0.25, 0.3) is 0 Å². The first-order chi connectivity index (χ1) is 13.0. The van der Waals surface area contributed by atoms with Gasteiger partial charge in [-0.2, -0.15) is 0 Å². The minimum absolute atomic E-state index is 0.168. The van der Waals surface area contributed by atoms with Crippen LogP contribution in [-0.4, -0.2) is 54.5 Å². The molecule has 7 heteroatoms. The molecule has 1 saturated heterocycles. The number of rotatable bonds is 5. The molecule has 2 aromatic rings. The van der Waals surface area contributed by atoms with Crippen molar-refractivity contribution in [2.45, 2.75) is 6.54 Å². The SMILES string of the molecule is O=C(OCC(=O)N1CCN(Cc2ccc(Cl)cc2)CC1)c1ccccc1F. The zero-order valence-corrected chi connectivity index (χ0v) is 15.5. The van der Waals surface area contributed by atoms with E-state index in [2.05, 4.69) is 4.90 Å². The van der Waals surface area contributed by atoms with Crippen molar-refractivity contribution in [2.24, 2.45) is 0 Å². The lowest BCUT2D eigenvalue weighted by Crippen LogP contribution is -2.49. The highest BCUT2D eigenvalue weighted by Gasteiger charge is 2.22. The highest BCUT2D eigenvalue weighted by molar-refractivity contribution is 6.30. The third kappa shape index (κ3) is 5.28. The van der Waals surface area contributed by atoms with Crippen LogP contribution in [0.5, 0.6) is 0 Å². The number of hydrogen-bond acceptors (Lipinski definition) is 4. The van der Waals surface area contributed by atoms with E-state index in [0.717, 1.165) is 25.2 Å². The molecule has 3 rings (SSSR count). The van der Waals surface area contributed by atoms with Gasteiger partial charge in [-0.1, -0.05) is 35.9 Å². The third-order valence-corrected chi connectivity index (χ3v) is 4.72. The molecule has 27 heavy (non-hydrogen) atoms. The van der Waals surface area contributed by atoms with Crippen molar-refractivity contribution in [1.29, 1.82) is 0 Å². The second kappa shape index (κ2) is 8.97. The van der Waals surface area contributed by atoms with Gasteiger partial charge >= 0.3 is 5.97 Å². The van der Waals surface area contributed by atoms with E-state index in [9.17, 15) is 14.0 Å². The van der Waals surface area contributed by atoms with Crippen molar-refractivity contribution in [3.8, 4) is 0 Å². The molecule has 0 spiro atoms. The van der Waals surface area contributed by atoms with Crippen LogP contribution < -0.4 is 0 Å². The van der Waals surface area contributed by atoms with Gasteiger partial charge in [0.05, 0.1) is 5.56 Å². The van der Waals surface area contributed by atoms with E-state index in [0.29, 0.717) is 18.1 Å². The van der Waals surface area contributed by atoms with Crippen molar-refractivity contribution in [2.75, 3.05) is 32.8 Å². The van der Waals surface area contributed by atoms with E-state index in [4.69, 9.17) is 16.3 Å². The summed E-state index contributed by atoms with van der Waals surface area (Å²) < 4.78 is 18.5. The van der Waals surface area contributed by atoms with Gasteiger partial charge in [-0.3, -0.25) is 9.69 Å². The van der Waals surface area contributed by atoms with Crippen molar-refractivity contribution < 1.29 is 18.7 Å². The smallest absolute Gasteiger partial charge is 0.341 e. The van der Waals surface area contributed by atoms with Crippen molar-refractivity contribution in [3.63, 3.8) is 0 Å². The van der Waals surface area contributed by atoms with Gasteiger partial charge in [-0.05, 0) is 29.8 Å². The monoisotopic (exact) mass is 390 g/mol. The summed E-state index contributed by atoms with van der Waals surface area (Å²) in [5.74, 6) is -1.76. The summed E-state index contributed by atoms with van der Waals surface area (Å²) in [6.45, 7) is 2.99. The zero-order valence-electron chi connectivity index (χ0n) is 14.7. The number of carbonyl (C=O) groups excluding carboxylic acids is 2. The number of amides is 1. The Morgan fingerprint density at radius 2 is 1.67 bits per heavy atom. The first kappa shape index (κ1) is 19.3. The summed E-state index contributed by atoms with van der Waals surface area (Å²) >= 11 is 5.89.